The fraction of sp³-hybridized carbons (Fsp3) is 0.500. The molecule has 0 unspecified atom stereocenters. The normalized spacial score (nSPS) is 10.2. The summed E-state index contributed by atoms with van der Waals surface area (Å²) in [6.07, 6.45) is 0. The number of carbonyl (C=O) groups excluding carboxylic acids is 1. The molecule has 1 rings (SSSR count). The van der Waals surface area contributed by atoms with Gasteiger partial charge in [0.15, 0.2) is 0 Å². The van der Waals surface area contributed by atoms with Gasteiger partial charge in [0.25, 0.3) is 0 Å². The Morgan fingerprint density at radius 1 is 1.39 bits per heavy atom. The van der Waals surface area contributed by atoms with E-state index in [1.165, 1.54) is 0 Å². The van der Waals surface area contributed by atoms with E-state index in [0.717, 1.165) is 16.9 Å². The first-order valence-electron chi connectivity index (χ1n) is 6.03. The van der Waals surface area contributed by atoms with Crippen LogP contribution in [0.15, 0.2) is 18.2 Å². The molecule has 4 heteroatoms. The summed E-state index contributed by atoms with van der Waals surface area (Å²) in [5.41, 5.74) is 2.15. The number of carbonyl (C=O) groups is 1. The van der Waals surface area contributed by atoms with Crippen molar-refractivity contribution in [1.82, 2.24) is 4.90 Å². The Morgan fingerprint density at radius 3 is 2.72 bits per heavy atom. The predicted molar refractivity (Wildman–Crippen MR) is 70.7 cm³/mol. The van der Waals surface area contributed by atoms with Crippen LogP contribution in [0, 0.1) is 6.92 Å². The first-order valence-corrected chi connectivity index (χ1v) is 6.03. The van der Waals surface area contributed by atoms with E-state index >= 15 is 0 Å². The molecule has 0 N–H and O–H groups in total. The number of hydrogen-bond acceptors (Lipinski definition) is 3. The second-order valence-corrected chi connectivity index (χ2v) is 4.20. The average Bonchev–Trinajstić information content (AvgIpc) is 2.36. The van der Waals surface area contributed by atoms with Crippen molar-refractivity contribution in [1.29, 1.82) is 0 Å². The fourth-order valence-electron chi connectivity index (χ4n) is 1.67. The molecule has 0 aliphatic carbocycles. The summed E-state index contributed by atoms with van der Waals surface area (Å²) in [6, 6.07) is 5.94. The van der Waals surface area contributed by atoms with E-state index in [1.54, 1.807) is 19.1 Å². The minimum Gasteiger partial charge on any atom is -0.496 e. The number of ether oxygens (including phenoxy) is 2. The van der Waals surface area contributed by atoms with Crippen LogP contribution in [0.3, 0.4) is 0 Å². The first kappa shape index (κ1) is 14.5. The average molecular weight is 251 g/mol. The summed E-state index contributed by atoms with van der Waals surface area (Å²) < 4.78 is 10.4. The third-order valence-corrected chi connectivity index (χ3v) is 2.70. The van der Waals surface area contributed by atoms with E-state index in [2.05, 4.69) is 0 Å². The van der Waals surface area contributed by atoms with Gasteiger partial charge in [-0.05, 0) is 19.9 Å². The lowest BCUT2D eigenvalue weighted by Crippen LogP contribution is -2.30. The Morgan fingerprint density at radius 2 is 2.11 bits per heavy atom. The third kappa shape index (κ3) is 4.04. The lowest BCUT2D eigenvalue weighted by atomic mass is 10.1. The molecule has 0 atom stereocenters. The number of nitrogens with zero attached hydrogens (tertiary/aromatic N) is 1. The molecular formula is C14H21NO3. The molecule has 0 bridgehead atoms. The van der Waals surface area contributed by atoms with Crippen molar-refractivity contribution in [2.75, 3.05) is 27.4 Å². The van der Waals surface area contributed by atoms with E-state index in [0.29, 0.717) is 13.2 Å². The summed E-state index contributed by atoms with van der Waals surface area (Å²) >= 11 is 0. The van der Waals surface area contributed by atoms with Crippen molar-refractivity contribution in [3.05, 3.63) is 29.3 Å². The van der Waals surface area contributed by atoms with Gasteiger partial charge in [0.05, 0.1) is 7.11 Å². The Kier molecular flexibility index (Phi) is 5.65. The molecular weight excluding hydrogens is 230 g/mol. The van der Waals surface area contributed by atoms with Crippen LogP contribution in [-0.2, 0) is 16.1 Å². The predicted octanol–water partition coefficient (Wildman–Crippen LogP) is 2.00. The zero-order valence-electron chi connectivity index (χ0n) is 11.5. The van der Waals surface area contributed by atoms with Crippen LogP contribution in [0.1, 0.15) is 18.1 Å². The Hall–Kier alpha value is -1.55. The van der Waals surface area contributed by atoms with Crippen LogP contribution in [-0.4, -0.2) is 38.2 Å². The van der Waals surface area contributed by atoms with Gasteiger partial charge in [-0.3, -0.25) is 4.79 Å². The van der Waals surface area contributed by atoms with Crippen molar-refractivity contribution in [3.8, 4) is 5.75 Å². The Bertz CT molecular complexity index is 404. The summed E-state index contributed by atoms with van der Waals surface area (Å²) in [5.74, 6) is 0.775. The smallest absolute Gasteiger partial charge is 0.248 e. The molecule has 0 radical (unpaired) electrons. The van der Waals surface area contributed by atoms with Crippen LogP contribution in [0.2, 0.25) is 0 Å². The van der Waals surface area contributed by atoms with E-state index in [1.807, 2.05) is 32.0 Å². The first-order chi connectivity index (χ1) is 8.58. The highest BCUT2D eigenvalue weighted by Gasteiger charge is 2.12. The lowest BCUT2D eigenvalue weighted by molar-refractivity contribution is -0.135. The molecule has 0 saturated heterocycles. The van der Waals surface area contributed by atoms with Gasteiger partial charge in [-0.1, -0.05) is 17.7 Å². The molecule has 0 fully saturated rings. The molecule has 1 aromatic rings. The molecule has 0 spiro atoms. The van der Waals surface area contributed by atoms with Gasteiger partial charge in [-0.25, -0.2) is 0 Å². The lowest BCUT2D eigenvalue weighted by Gasteiger charge is -2.19. The molecule has 18 heavy (non-hydrogen) atoms. The molecule has 0 saturated carbocycles. The number of hydrogen-bond donors (Lipinski definition) is 0. The molecule has 100 valence electrons. The summed E-state index contributed by atoms with van der Waals surface area (Å²) in [7, 11) is 3.40. The monoisotopic (exact) mass is 251 g/mol. The number of methoxy groups -OCH3 is 1. The van der Waals surface area contributed by atoms with Gasteiger partial charge in [0.2, 0.25) is 5.91 Å². The minimum atomic E-state index is -0.0274. The van der Waals surface area contributed by atoms with Crippen molar-refractivity contribution in [3.63, 3.8) is 0 Å². The zero-order valence-corrected chi connectivity index (χ0v) is 11.5. The third-order valence-electron chi connectivity index (χ3n) is 2.70. The molecule has 0 aliphatic rings. The Balaban J connectivity index is 2.71. The van der Waals surface area contributed by atoms with Crippen LogP contribution >= 0.6 is 0 Å². The van der Waals surface area contributed by atoms with E-state index in [-0.39, 0.29) is 12.5 Å². The molecule has 0 aliphatic heterocycles. The molecule has 0 heterocycles. The van der Waals surface area contributed by atoms with Gasteiger partial charge < -0.3 is 14.4 Å². The quantitative estimate of drug-likeness (QED) is 0.776. The van der Waals surface area contributed by atoms with E-state index in [9.17, 15) is 4.79 Å². The highest BCUT2D eigenvalue weighted by Crippen LogP contribution is 2.20. The second-order valence-electron chi connectivity index (χ2n) is 4.20. The van der Waals surface area contributed by atoms with Crippen LogP contribution in [0.5, 0.6) is 5.75 Å². The van der Waals surface area contributed by atoms with Gasteiger partial charge in [0, 0.05) is 25.8 Å². The number of aryl methyl sites for hydroxylation is 1. The summed E-state index contributed by atoms with van der Waals surface area (Å²) in [4.78, 5) is 13.4. The minimum absolute atomic E-state index is 0.0274. The van der Waals surface area contributed by atoms with Crippen LogP contribution in [0.4, 0.5) is 0 Å². The zero-order chi connectivity index (χ0) is 13.5. The van der Waals surface area contributed by atoms with Gasteiger partial charge in [-0.15, -0.1) is 0 Å². The van der Waals surface area contributed by atoms with Gasteiger partial charge >= 0.3 is 0 Å². The van der Waals surface area contributed by atoms with Crippen LogP contribution in [0.25, 0.3) is 0 Å². The van der Waals surface area contributed by atoms with Crippen molar-refractivity contribution in [2.45, 2.75) is 20.4 Å². The summed E-state index contributed by atoms with van der Waals surface area (Å²) in [6.45, 7) is 5.09. The number of rotatable bonds is 6. The maximum absolute atomic E-state index is 11.8. The molecule has 1 aromatic carbocycles. The number of benzene rings is 1. The van der Waals surface area contributed by atoms with Crippen molar-refractivity contribution < 1.29 is 14.3 Å². The number of likely N-dealkylation sites (N-methyl/N-ethyl adjacent to an activating group) is 1. The number of amides is 1. The molecule has 0 aromatic heterocycles. The van der Waals surface area contributed by atoms with E-state index in [4.69, 9.17) is 9.47 Å². The largest absolute Gasteiger partial charge is 0.496 e. The van der Waals surface area contributed by atoms with E-state index < -0.39 is 0 Å². The maximum atomic E-state index is 11.8. The van der Waals surface area contributed by atoms with Crippen molar-refractivity contribution in [2.24, 2.45) is 0 Å². The van der Waals surface area contributed by atoms with Gasteiger partial charge in [-0.2, -0.15) is 0 Å². The Labute approximate surface area is 108 Å². The topological polar surface area (TPSA) is 38.8 Å². The summed E-state index contributed by atoms with van der Waals surface area (Å²) in [5, 5.41) is 0. The van der Waals surface area contributed by atoms with Crippen molar-refractivity contribution >= 4 is 5.91 Å². The fourth-order valence-corrected chi connectivity index (χ4v) is 1.67. The highest BCUT2D eigenvalue weighted by atomic mass is 16.5. The molecule has 1 amide bonds. The maximum Gasteiger partial charge on any atom is 0.248 e. The SMILES string of the molecule is CCOCC(=O)N(C)Cc1cc(C)ccc1OC. The second kappa shape index (κ2) is 7.01. The highest BCUT2D eigenvalue weighted by molar-refractivity contribution is 5.77. The molecule has 4 nitrogen and oxygen atoms in total. The van der Waals surface area contributed by atoms with Gasteiger partial charge in [0.1, 0.15) is 12.4 Å². The van der Waals surface area contributed by atoms with Crippen LogP contribution < -0.4 is 4.74 Å². The standard InChI is InChI=1S/C14H21NO3/c1-5-18-10-14(16)15(3)9-12-8-11(2)6-7-13(12)17-4/h6-8H,5,9-10H2,1-4H3.